The summed E-state index contributed by atoms with van der Waals surface area (Å²) in [6, 6.07) is 2.06. The smallest absolute Gasteiger partial charge is 0.328 e. The SMILES string of the molecule is C[C@@](CCN1Cc2cc(C#CC#CC3CCN(C4COC4)CC3)cn2C1=O)(C(=O)NO)S(C)(=O)=O. The Morgan fingerprint density at radius 2 is 2.00 bits per heavy atom. The van der Waals surface area contributed by atoms with Gasteiger partial charge < -0.3 is 9.64 Å². The molecule has 35 heavy (non-hydrogen) atoms. The topological polar surface area (TPSA) is 121 Å². The molecule has 4 heterocycles. The third-order valence-electron chi connectivity index (χ3n) is 7.20. The fourth-order valence-electron chi connectivity index (χ4n) is 4.49. The van der Waals surface area contributed by atoms with Crippen LogP contribution in [0.4, 0.5) is 4.79 Å². The molecule has 1 aromatic heterocycles. The monoisotopic (exact) mass is 502 g/mol. The van der Waals surface area contributed by atoms with Gasteiger partial charge in [0.25, 0.3) is 5.91 Å². The number of aromatic nitrogens is 1. The molecule has 10 nitrogen and oxygen atoms in total. The number of fused-ring (bicyclic) bond motifs is 1. The quantitative estimate of drug-likeness (QED) is 0.329. The summed E-state index contributed by atoms with van der Waals surface area (Å²) in [5, 5.41) is 8.94. The Labute approximate surface area is 205 Å². The Morgan fingerprint density at radius 3 is 2.57 bits per heavy atom. The van der Waals surface area contributed by atoms with Crippen LogP contribution >= 0.6 is 0 Å². The lowest BCUT2D eigenvalue weighted by molar-refractivity contribution is -0.131. The number of hydroxylamine groups is 1. The number of carbonyl (C=O) groups excluding carboxylic acids is 2. The lowest BCUT2D eigenvalue weighted by Gasteiger charge is -2.40. The highest BCUT2D eigenvalue weighted by molar-refractivity contribution is 7.92. The number of rotatable bonds is 6. The van der Waals surface area contributed by atoms with Gasteiger partial charge in [0.2, 0.25) is 0 Å². The van der Waals surface area contributed by atoms with Crippen molar-refractivity contribution in [2.75, 3.05) is 39.1 Å². The van der Waals surface area contributed by atoms with Gasteiger partial charge in [0.1, 0.15) is 0 Å². The first-order valence-electron chi connectivity index (χ1n) is 11.6. The molecule has 2 N–H and O–H groups in total. The highest BCUT2D eigenvalue weighted by atomic mass is 32.2. The summed E-state index contributed by atoms with van der Waals surface area (Å²) < 4.78 is 29.1. The van der Waals surface area contributed by atoms with Crippen LogP contribution < -0.4 is 5.48 Å². The molecule has 2 fully saturated rings. The summed E-state index contributed by atoms with van der Waals surface area (Å²) in [4.78, 5) is 28.7. The number of hydrogen-bond donors (Lipinski definition) is 2. The largest absolute Gasteiger partial charge is 0.378 e. The number of nitrogens with zero attached hydrogens (tertiary/aromatic N) is 3. The van der Waals surface area contributed by atoms with Crippen LogP contribution in [0.3, 0.4) is 0 Å². The van der Waals surface area contributed by atoms with Crippen molar-refractivity contribution in [1.29, 1.82) is 0 Å². The molecule has 0 unspecified atom stereocenters. The van der Waals surface area contributed by atoms with E-state index in [-0.39, 0.29) is 25.5 Å². The van der Waals surface area contributed by atoms with Crippen molar-refractivity contribution in [2.24, 2.45) is 5.92 Å². The number of hydrogen-bond acceptors (Lipinski definition) is 7. The summed E-state index contributed by atoms with van der Waals surface area (Å²) in [6.45, 7) is 5.30. The third-order valence-corrected chi connectivity index (χ3v) is 9.23. The van der Waals surface area contributed by atoms with Gasteiger partial charge in [0, 0.05) is 36.2 Å². The van der Waals surface area contributed by atoms with Crippen LogP contribution in [0, 0.1) is 29.6 Å². The predicted molar refractivity (Wildman–Crippen MR) is 127 cm³/mol. The Bertz CT molecular complexity index is 1220. The van der Waals surface area contributed by atoms with Crippen molar-refractivity contribution in [3.63, 3.8) is 0 Å². The standard InChI is InChI=1S/C24H30N4O6S/c1-24(22(29)25-31,35(2,32)33)9-12-27-15-20-13-19(14-28(20)23(27)30)6-4-3-5-18-7-10-26(11-8-18)21-16-34-17-21/h13-14,18,21,31H,7-12,15-17H2,1-2H3,(H,25,29)/t24-/m1/s1. The molecule has 1 atom stereocenters. The molecular formula is C24H30N4O6S. The second kappa shape index (κ2) is 10.0. The van der Waals surface area contributed by atoms with Crippen LogP contribution in [-0.2, 0) is 25.9 Å². The van der Waals surface area contributed by atoms with E-state index < -0.39 is 20.5 Å². The van der Waals surface area contributed by atoms with E-state index in [9.17, 15) is 18.0 Å². The van der Waals surface area contributed by atoms with E-state index in [1.807, 2.05) is 6.07 Å². The molecule has 11 heteroatoms. The van der Waals surface area contributed by atoms with Crippen molar-refractivity contribution in [3.05, 3.63) is 23.5 Å². The summed E-state index contributed by atoms with van der Waals surface area (Å²) in [5.41, 5.74) is 2.83. The highest BCUT2D eigenvalue weighted by Gasteiger charge is 2.44. The van der Waals surface area contributed by atoms with Crippen LogP contribution in [0.15, 0.2) is 12.3 Å². The van der Waals surface area contributed by atoms with Crippen molar-refractivity contribution in [1.82, 2.24) is 19.8 Å². The van der Waals surface area contributed by atoms with Gasteiger partial charge in [-0.25, -0.2) is 18.7 Å². The van der Waals surface area contributed by atoms with Crippen LogP contribution in [0.2, 0.25) is 0 Å². The minimum absolute atomic E-state index is 0.0383. The zero-order valence-corrected chi connectivity index (χ0v) is 20.7. The van der Waals surface area contributed by atoms with E-state index in [2.05, 4.69) is 28.6 Å². The predicted octanol–water partition coefficient (Wildman–Crippen LogP) is 0.436. The van der Waals surface area contributed by atoms with Gasteiger partial charge in [-0.05, 0) is 57.2 Å². The Morgan fingerprint density at radius 1 is 1.29 bits per heavy atom. The zero-order valence-electron chi connectivity index (χ0n) is 19.9. The molecule has 3 aliphatic heterocycles. The minimum atomic E-state index is -3.83. The number of ether oxygens (including phenoxy) is 1. The Balaban J connectivity index is 1.31. The van der Waals surface area contributed by atoms with Gasteiger partial charge in [0.15, 0.2) is 14.6 Å². The first kappa shape index (κ1) is 25.3. The van der Waals surface area contributed by atoms with E-state index in [0.717, 1.165) is 51.1 Å². The fraction of sp³-hybridized carbons (Fsp3) is 0.583. The lowest BCUT2D eigenvalue weighted by Crippen LogP contribution is -2.51. The minimum Gasteiger partial charge on any atom is -0.378 e. The molecule has 2 amide bonds. The average molecular weight is 503 g/mol. The van der Waals surface area contributed by atoms with E-state index in [1.54, 1.807) is 6.20 Å². The van der Waals surface area contributed by atoms with Gasteiger partial charge in [-0.1, -0.05) is 11.8 Å². The average Bonchev–Trinajstić information content (AvgIpc) is 3.32. The maximum atomic E-state index is 12.8. The van der Waals surface area contributed by atoms with Gasteiger partial charge >= 0.3 is 6.03 Å². The first-order chi connectivity index (χ1) is 16.6. The Hall–Kier alpha value is -2.83. The molecule has 0 aliphatic carbocycles. The van der Waals surface area contributed by atoms with Gasteiger partial charge in [-0.15, -0.1) is 0 Å². The Kier molecular flexibility index (Phi) is 7.25. The molecule has 0 spiro atoms. The fourth-order valence-corrected chi connectivity index (χ4v) is 5.33. The maximum Gasteiger partial charge on any atom is 0.328 e. The van der Waals surface area contributed by atoms with E-state index in [4.69, 9.17) is 9.94 Å². The van der Waals surface area contributed by atoms with Gasteiger partial charge in [0.05, 0.1) is 25.8 Å². The molecule has 0 bridgehead atoms. The molecule has 0 saturated carbocycles. The van der Waals surface area contributed by atoms with Crippen LogP contribution in [0.1, 0.15) is 37.4 Å². The molecular weight excluding hydrogens is 472 g/mol. The van der Waals surface area contributed by atoms with Crippen LogP contribution in [0.25, 0.3) is 0 Å². The van der Waals surface area contributed by atoms with Crippen molar-refractivity contribution in [2.45, 2.75) is 43.5 Å². The van der Waals surface area contributed by atoms with Crippen molar-refractivity contribution < 1.29 is 28.0 Å². The molecule has 0 aromatic carbocycles. The number of piperidine rings is 1. The number of amides is 2. The van der Waals surface area contributed by atoms with E-state index >= 15 is 0 Å². The molecule has 4 rings (SSSR count). The maximum absolute atomic E-state index is 12.8. The second-order valence-electron chi connectivity index (χ2n) is 9.51. The zero-order chi connectivity index (χ0) is 25.2. The van der Waals surface area contributed by atoms with E-state index in [0.29, 0.717) is 17.5 Å². The number of nitrogens with one attached hydrogen (secondary N) is 1. The number of likely N-dealkylation sites (tertiary alicyclic amines) is 1. The van der Waals surface area contributed by atoms with Crippen molar-refractivity contribution in [3.8, 4) is 23.7 Å². The normalized spacial score (nSPS) is 20.7. The van der Waals surface area contributed by atoms with Gasteiger partial charge in [-0.3, -0.25) is 19.5 Å². The van der Waals surface area contributed by atoms with E-state index in [1.165, 1.54) is 21.9 Å². The molecule has 188 valence electrons. The molecule has 1 aromatic rings. The summed E-state index contributed by atoms with van der Waals surface area (Å²) in [7, 11) is -3.83. The summed E-state index contributed by atoms with van der Waals surface area (Å²) in [5.74, 6) is 11.4. The van der Waals surface area contributed by atoms with Gasteiger partial charge in [-0.2, -0.15) is 0 Å². The number of sulfone groups is 1. The molecule has 0 radical (unpaired) electrons. The first-order valence-corrected chi connectivity index (χ1v) is 13.5. The summed E-state index contributed by atoms with van der Waals surface area (Å²) >= 11 is 0. The molecule has 2 saturated heterocycles. The summed E-state index contributed by atoms with van der Waals surface area (Å²) in [6.07, 6.45) is 4.49. The van der Waals surface area contributed by atoms with Crippen molar-refractivity contribution >= 4 is 21.8 Å². The third kappa shape index (κ3) is 5.24. The second-order valence-corrected chi connectivity index (χ2v) is 12.0. The van der Waals surface area contributed by atoms with Crippen LogP contribution in [0.5, 0.6) is 0 Å². The highest BCUT2D eigenvalue weighted by Crippen LogP contribution is 2.25. The molecule has 3 aliphatic rings. The lowest BCUT2D eigenvalue weighted by atomic mass is 9.96. The van der Waals surface area contributed by atoms with Crippen LogP contribution in [-0.4, -0.2) is 89.8 Å². The number of carbonyl (C=O) groups is 2.